The van der Waals surface area contributed by atoms with Crippen LogP contribution < -0.4 is 15.5 Å². The second-order valence-corrected chi connectivity index (χ2v) is 10.4. The zero-order valence-electron chi connectivity index (χ0n) is 22.0. The van der Waals surface area contributed by atoms with Gasteiger partial charge in [0, 0.05) is 48.3 Å². The number of benzene rings is 2. The maximum atomic E-state index is 14.4. The maximum Gasteiger partial charge on any atom is 0.417 e. The number of amides is 3. The Balaban J connectivity index is 1.73. The normalized spacial score (nSPS) is 20.3. The molecule has 0 bridgehead atoms. The summed E-state index contributed by atoms with van der Waals surface area (Å²) in [5, 5.41) is 14.3. The van der Waals surface area contributed by atoms with Gasteiger partial charge in [-0.3, -0.25) is 9.59 Å². The Morgan fingerprint density at radius 2 is 1.84 bits per heavy atom. The van der Waals surface area contributed by atoms with Crippen molar-refractivity contribution in [2.24, 2.45) is 0 Å². The molecule has 43 heavy (non-hydrogen) atoms. The van der Waals surface area contributed by atoms with E-state index >= 15 is 0 Å². The summed E-state index contributed by atoms with van der Waals surface area (Å²) in [7, 11) is 0. The van der Waals surface area contributed by atoms with Crippen molar-refractivity contribution in [2.45, 2.75) is 42.7 Å². The predicted octanol–water partition coefficient (Wildman–Crippen LogP) is 4.70. The Kier molecular flexibility index (Phi) is 7.94. The van der Waals surface area contributed by atoms with Crippen LogP contribution in [0.5, 0.6) is 0 Å². The van der Waals surface area contributed by atoms with E-state index in [1.54, 1.807) is 12.1 Å². The molecule has 15 heteroatoms. The van der Waals surface area contributed by atoms with Gasteiger partial charge in [-0.05, 0) is 29.8 Å². The molecule has 2 aromatic carbocycles. The van der Waals surface area contributed by atoms with Gasteiger partial charge in [0.1, 0.15) is 23.4 Å². The number of hydrogen-bond acceptors (Lipinski definition) is 7. The van der Waals surface area contributed by atoms with Gasteiger partial charge in [-0.2, -0.15) is 5.26 Å². The number of nitriles is 1. The number of halogens is 5. The molecule has 1 aromatic heterocycles. The molecule has 2 fully saturated rings. The lowest BCUT2D eigenvalue weighted by Crippen LogP contribution is -2.69. The van der Waals surface area contributed by atoms with Crippen molar-refractivity contribution in [3.05, 3.63) is 82.6 Å². The van der Waals surface area contributed by atoms with Gasteiger partial charge in [-0.25, -0.2) is 37.2 Å². The minimum atomic E-state index is -3.00. The molecule has 3 aromatic rings. The fraction of sp³-hybridized carbons (Fsp3) is 0.286. The minimum absolute atomic E-state index is 0.0175. The van der Waals surface area contributed by atoms with E-state index in [2.05, 4.69) is 20.6 Å². The third kappa shape index (κ3) is 5.80. The van der Waals surface area contributed by atoms with E-state index in [1.165, 1.54) is 24.3 Å². The summed E-state index contributed by atoms with van der Waals surface area (Å²) in [5.74, 6) is -9.37. The van der Waals surface area contributed by atoms with Crippen molar-refractivity contribution < 1.29 is 36.7 Å². The average Bonchev–Trinajstić information content (AvgIpc) is 2.92. The number of carbonyl (C=O) groups excluding carboxylic acids is 3. The summed E-state index contributed by atoms with van der Waals surface area (Å²) < 4.78 is 60.8. The van der Waals surface area contributed by atoms with Crippen LogP contribution in [-0.2, 0) is 14.3 Å². The van der Waals surface area contributed by atoms with Crippen LogP contribution >= 0.6 is 11.6 Å². The number of rotatable bonds is 7. The van der Waals surface area contributed by atoms with Gasteiger partial charge in [-0.1, -0.05) is 29.8 Å². The van der Waals surface area contributed by atoms with Gasteiger partial charge < -0.3 is 15.4 Å². The zero-order chi connectivity index (χ0) is 30.9. The Hall–Kier alpha value is -4.77. The van der Waals surface area contributed by atoms with Gasteiger partial charge in [0.15, 0.2) is 5.54 Å². The number of nitrogens with one attached hydrogen (secondary N) is 2. The lowest BCUT2D eigenvalue weighted by atomic mass is 9.73. The number of carbonyl (C=O) groups is 3. The number of cyclic esters (lactones) is 1. The van der Waals surface area contributed by atoms with Crippen molar-refractivity contribution in [3.63, 3.8) is 0 Å². The van der Waals surface area contributed by atoms with E-state index in [-0.39, 0.29) is 22.0 Å². The highest BCUT2D eigenvalue weighted by Crippen LogP contribution is 2.45. The molecule has 0 spiro atoms. The summed E-state index contributed by atoms with van der Waals surface area (Å²) in [6.07, 6.45) is -1.80. The summed E-state index contributed by atoms with van der Waals surface area (Å²) in [4.78, 5) is 50.7. The van der Waals surface area contributed by atoms with E-state index in [0.717, 1.165) is 18.3 Å². The van der Waals surface area contributed by atoms with Crippen LogP contribution in [0.25, 0.3) is 0 Å². The third-order valence-electron chi connectivity index (χ3n) is 7.15. The van der Waals surface area contributed by atoms with E-state index in [9.17, 15) is 37.2 Å². The van der Waals surface area contributed by atoms with Gasteiger partial charge >= 0.3 is 6.09 Å². The van der Waals surface area contributed by atoms with E-state index in [4.69, 9.17) is 16.3 Å². The Morgan fingerprint density at radius 3 is 2.49 bits per heavy atom. The molecule has 5 rings (SSSR count). The second-order valence-electron chi connectivity index (χ2n) is 10.0. The van der Waals surface area contributed by atoms with Crippen molar-refractivity contribution in [2.75, 3.05) is 16.8 Å². The zero-order valence-corrected chi connectivity index (χ0v) is 22.7. The molecule has 1 aliphatic heterocycles. The van der Waals surface area contributed by atoms with Crippen LogP contribution in [0.4, 0.5) is 34.0 Å². The maximum absolute atomic E-state index is 14.4. The molecule has 1 aliphatic carbocycles. The molecule has 0 radical (unpaired) electrons. The molecule has 1 unspecified atom stereocenters. The molecule has 1 saturated carbocycles. The highest BCUT2D eigenvalue weighted by Gasteiger charge is 2.61. The van der Waals surface area contributed by atoms with Crippen LogP contribution in [0.3, 0.4) is 0 Å². The number of aromatic nitrogens is 2. The van der Waals surface area contributed by atoms with Crippen LogP contribution in [0.15, 0.2) is 54.7 Å². The molecular weight excluding hydrogens is 596 g/mol. The van der Waals surface area contributed by atoms with Gasteiger partial charge in [0.25, 0.3) is 11.8 Å². The Morgan fingerprint density at radius 1 is 1.14 bits per heavy atom. The summed E-state index contributed by atoms with van der Waals surface area (Å²) >= 11 is 6.52. The first kappa shape index (κ1) is 29.7. The van der Waals surface area contributed by atoms with Crippen LogP contribution in [-0.4, -0.2) is 52.0 Å². The standard InChI is InChI=1S/C28H21ClF4N6O4/c29-21-4-2-1-3-20(21)22(23(40)36-19-12-27(32,33)13-19)28(24(41)37-18-10-15(30)9-16(31)11-18)6-8-43-26(42)39(28)25-35-7-5-17(14-34)38-25/h1-5,7,9-11,19,22H,6,8,12-13H2,(H,36,40)(H,37,41)/t22-,28?/m1/s1. The quantitative estimate of drug-likeness (QED) is 0.367. The number of hydrogen-bond donors (Lipinski definition) is 2. The molecular formula is C28H21ClF4N6O4. The topological polar surface area (TPSA) is 137 Å². The van der Waals surface area contributed by atoms with Crippen molar-refractivity contribution in [3.8, 4) is 6.07 Å². The Labute approximate surface area is 246 Å². The first-order valence-corrected chi connectivity index (χ1v) is 13.2. The fourth-order valence-corrected chi connectivity index (χ4v) is 5.51. The Bertz CT molecular complexity index is 1630. The van der Waals surface area contributed by atoms with Crippen molar-refractivity contribution in [1.82, 2.24) is 15.3 Å². The molecule has 3 amide bonds. The lowest BCUT2D eigenvalue weighted by Gasteiger charge is -2.48. The fourth-order valence-electron chi connectivity index (χ4n) is 5.27. The number of nitrogens with zero attached hydrogens (tertiary/aromatic N) is 4. The molecule has 2 atom stereocenters. The molecule has 2 heterocycles. The van der Waals surface area contributed by atoms with Gasteiger partial charge in [0.05, 0.1) is 12.5 Å². The summed E-state index contributed by atoms with van der Waals surface area (Å²) in [6, 6.07) is 10.1. The van der Waals surface area contributed by atoms with E-state index in [0.29, 0.717) is 11.0 Å². The van der Waals surface area contributed by atoms with Crippen LogP contribution in [0.1, 0.15) is 36.4 Å². The molecule has 2 N–H and O–H groups in total. The first-order chi connectivity index (χ1) is 20.4. The lowest BCUT2D eigenvalue weighted by molar-refractivity contribution is -0.136. The third-order valence-corrected chi connectivity index (χ3v) is 7.50. The van der Waals surface area contributed by atoms with Crippen molar-refractivity contribution in [1.29, 1.82) is 5.26 Å². The summed E-state index contributed by atoms with van der Waals surface area (Å²) in [6.45, 7) is -0.423. The first-order valence-electron chi connectivity index (χ1n) is 12.8. The smallest absolute Gasteiger partial charge is 0.417 e. The monoisotopic (exact) mass is 616 g/mol. The van der Waals surface area contributed by atoms with E-state index in [1.807, 2.05) is 0 Å². The number of alkyl halides is 2. The minimum Gasteiger partial charge on any atom is -0.449 e. The molecule has 1 saturated heterocycles. The van der Waals surface area contributed by atoms with Crippen LogP contribution in [0, 0.1) is 23.0 Å². The average molecular weight is 617 g/mol. The van der Waals surface area contributed by atoms with Gasteiger partial charge in [0.2, 0.25) is 11.9 Å². The van der Waals surface area contributed by atoms with Crippen LogP contribution in [0.2, 0.25) is 5.02 Å². The molecule has 10 nitrogen and oxygen atoms in total. The van der Waals surface area contributed by atoms with Gasteiger partial charge in [-0.15, -0.1) is 0 Å². The summed E-state index contributed by atoms with van der Waals surface area (Å²) in [5.41, 5.74) is -2.91. The largest absolute Gasteiger partial charge is 0.449 e. The van der Waals surface area contributed by atoms with E-state index < -0.39 is 84.8 Å². The van der Waals surface area contributed by atoms with Crippen molar-refractivity contribution >= 4 is 41.1 Å². The number of ether oxygens (including phenoxy) is 1. The highest BCUT2D eigenvalue weighted by molar-refractivity contribution is 6.32. The number of anilines is 2. The molecule has 222 valence electrons. The predicted molar refractivity (Wildman–Crippen MR) is 143 cm³/mol. The SMILES string of the molecule is N#Cc1ccnc(N2C(=O)OCCC2(C(=O)Nc2cc(F)cc(F)c2)[C@@H](C(=O)NC2CC(F)(F)C2)c2ccccc2Cl)n1. The molecule has 2 aliphatic rings. The highest BCUT2D eigenvalue weighted by atomic mass is 35.5. The second kappa shape index (κ2) is 11.5.